The van der Waals surface area contributed by atoms with Gasteiger partial charge in [0, 0.05) is 19.1 Å². The Bertz CT molecular complexity index is 482. The fourth-order valence-corrected chi connectivity index (χ4v) is 3.41. The summed E-state index contributed by atoms with van der Waals surface area (Å²) >= 11 is 0. The van der Waals surface area contributed by atoms with E-state index in [9.17, 15) is 4.79 Å². The fourth-order valence-electron chi connectivity index (χ4n) is 3.41. The number of hydrazine groups is 1. The fraction of sp³-hybridized carbons (Fsp3) is 0.667. The lowest BCUT2D eigenvalue weighted by Gasteiger charge is -2.32. The van der Waals surface area contributed by atoms with Gasteiger partial charge in [-0.1, -0.05) is 6.42 Å². The topological polar surface area (TPSA) is 74.7 Å². The molecule has 1 unspecified atom stereocenters. The minimum Gasteiger partial charge on any atom is -0.455 e. The molecule has 1 aromatic rings. The molecule has 2 aliphatic heterocycles. The van der Waals surface area contributed by atoms with Crippen LogP contribution in [0, 0.1) is 0 Å². The van der Waals surface area contributed by atoms with Crippen molar-refractivity contribution in [2.45, 2.75) is 38.3 Å². The molecular weight excluding hydrogens is 268 g/mol. The molecule has 1 aromatic heterocycles. The van der Waals surface area contributed by atoms with Gasteiger partial charge >= 0.3 is 5.91 Å². The predicted octanol–water partition coefficient (Wildman–Crippen LogP) is 0.943. The van der Waals surface area contributed by atoms with Crippen molar-refractivity contribution in [3.8, 4) is 0 Å². The maximum absolute atomic E-state index is 11.4. The molecule has 1 amide bonds. The van der Waals surface area contributed by atoms with E-state index in [2.05, 4.69) is 15.2 Å². The van der Waals surface area contributed by atoms with Crippen molar-refractivity contribution in [2.75, 3.05) is 26.2 Å². The number of carbonyl (C=O) groups excluding carboxylic acids is 1. The van der Waals surface area contributed by atoms with Crippen molar-refractivity contribution in [1.82, 2.24) is 15.2 Å². The summed E-state index contributed by atoms with van der Waals surface area (Å²) in [6, 6.07) is 4.22. The molecule has 1 atom stereocenters. The first-order chi connectivity index (χ1) is 10.3. The van der Waals surface area contributed by atoms with Crippen LogP contribution in [-0.2, 0) is 6.54 Å². The van der Waals surface area contributed by atoms with Crippen LogP contribution in [0.5, 0.6) is 0 Å². The summed E-state index contributed by atoms with van der Waals surface area (Å²) in [5.74, 6) is 5.83. The van der Waals surface area contributed by atoms with E-state index >= 15 is 0 Å². The summed E-state index contributed by atoms with van der Waals surface area (Å²) < 4.78 is 5.53. The number of piperidine rings is 1. The van der Waals surface area contributed by atoms with Gasteiger partial charge in [0.05, 0.1) is 6.54 Å². The molecule has 0 saturated carbocycles. The van der Waals surface area contributed by atoms with Crippen LogP contribution < -0.4 is 11.3 Å². The molecule has 0 radical (unpaired) electrons. The van der Waals surface area contributed by atoms with Crippen molar-refractivity contribution < 1.29 is 9.21 Å². The highest BCUT2D eigenvalue weighted by atomic mass is 16.4. The zero-order valence-corrected chi connectivity index (χ0v) is 12.4. The van der Waals surface area contributed by atoms with Gasteiger partial charge in [-0.2, -0.15) is 0 Å². The molecule has 2 fully saturated rings. The highest BCUT2D eigenvalue weighted by Gasteiger charge is 2.28. The quantitative estimate of drug-likeness (QED) is 0.491. The third-order valence-electron chi connectivity index (χ3n) is 4.55. The van der Waals surface area contributed by atoms with Crippen molar-refractivity contribution in [3.63, 3.8) is 0 Å². The van der Waals surface area contributed by atoms with Crippen LogP contribution in [0.2, 0.25) is 0 Å². The number of carbonyl (C=O) groups is 1. The third kappa shape index (κ3) is 3.45. The van der Waals surface area contributed by atoms with Crippen molar-refractivity contribution in [2.24, 2.45) is 5.84 Å². The number of nitrogens with one attached hydrogen (secondary N) is 1. The van der Waals surface area contributed by atoms with Gasteiger partial charge in [-0.25, -0.2) is 5.84 Å². The molecule has 21 heavy (non-hydrogen) atoms. The molecule has 0 bridgehead atoms. The lowest BCUT2D eigenvalue weighted by molar-refractivity contribution is 0.0922. The number of hydrogen-bond acceptors (Lipinski definition) is 5. The van der Waals surface area contributed by atoms with Gasteiger partial charge in [-0.3, -0.25) is 20.0 Å². The van der Waals surface area contributed by atoms with E-state index in [4.69, 9.17) is 10.3 Å². The smallest absolute Gasteiger partial charge is 0.300 e. The number of likely N-dealkylation sites (tertiary alicyclic amines) is 2. The van der Waals surface area contributed by atoms with E-state index in [0.29, 0.717) is 6.04 Å². The molecule has 6 nitrogen and oxygen atoms in total. The molecular formula is C15H24N4O2. The molecule has 3 N–H and O–H groups in total. The van der Waals surface area contributed by atoms with Crippen LogP contribution >= 0.6 is 0 Å². The zero-order valence-electron chi connectivity index (χ0n) is 12.4. The molecule has 0 aliphatic carbocycles. The Hall–Kier alpha value is -1.37. The molecule has 116 valence electrons. The van der Waals surface area contributed by atoms with Gasteiger partial charge in [0.25, 0.3) is 0 Å². The van der Waals surface area contributed by atoms with Gasteiger partial charge in [0.15, 0.2) is 5.76 Å². The first-order valence-corrected chi connectivity index (χ1v) is 7.82. The van der Waals surface area contributed by atoms with Gasteiger partial charge < -0.3 is 4.42 Å². The number of amides is 1. The Morgan fingerprint density at radius 1 is 1.29 bits per heavy atom. The summed E-state index contributed by atoms with van der Waals surface area (Å²) in [5, 5.41) is 0. The third-order valence-corrected chi connectivity index (χ3v) is 4.55. The van der Waals surface area contributed by atoms with E-state index in [0.717, 1.165) is 25.4 Å². The number of nitrogen functional groups attached to an aromatic ring is 1. The van der Waals surface area contributed by atoms with Crippen LogP contribution in [0.15, 0.2) is 16.5 Å². The highest BCUT2D eigenvalue weighted by Crippen LogP contribution is 2.22. The first-order valence-electron chi connectivity index (χ1n) is 7.82. The number of hydrogen-bond donors (Lipinski definition) is 2. The minimum absolute atomic E-state index is 0.277. The van der Waals surface area contributed by atoms with Gasteiger partial charge in [-0.15, -0.1) is 0 Å². The van der Waals surface area contributed by atoms with Crippen LogP contribution in [0.4, 0.5) is 0 Å². The largest absolute Gasteiger partial charge is 0.455 e. The van der Waals surface area contributed by atoms with Crippen molar-refractivity contribution in [3.05, 3.63) is 23.7 Å². The van der Waals surface area contributed by atoms with E-state index in [1.54, 1.807) is 6.07 Å². The molecule has 0 spiro atoms. The molecule has 6 heteroatoms. The number of rotatable bonds is 4. The number of nitrogens with zero attached hydrogens (tertiary/aromatic N) is 2. The van der Waals surface area contributed by atoms with E-state index < -0.39 is 0 Å². The lowest BCUT2D eigenvalue weighted by Crippen LogP contribution is -2.40. The second kappa shape index (κ2) is 6.60. The normalized spacial score (nSPS) is 24.3. The Balaban J connectivity index is 1.52. The summed E-state index contributed by atoms with van der Waals surface area (Å²) in [4.78, 5) is 16.4. The summed E-state index contributed by atoms with van der Waals surface area (Å²) in [7, 11) is 0. The Labute approximate surface area is 125 Å². The lowest BCUT2D eigenvalue weighted by atomic mass is 10.1. The molecule has 3 heterocycles. The Morgan fingerprint density at radius 3 is 2.86 bits per heavy atom. The summed E-state index contributed by atoms with van der Waals surface area (Å²) in [6.07, 6.45) is 5.29. The van der Waals surface area contributed by atoms with Gasteiger partial charge in [-0.05, 0) is 44.5 Å². The SMILES string of the molecule is NNC(=O)c1ccc(CN2CCC(N3CCCCC3)C2)o1. The second-order valence-electron chi connectivity index (χ2n) is 6.01. The van der Waals surface area contributed by atoms with E-state index in [-0.39, 0.29) is 11.7 Å². The van der Waals surface area contributed by atoms with E-state index in [1.165, 1.54) is 38.8 Å². The van der Waals surface area contributed by atoms with Gasteiger partial charge in [0.2, 0.25) is 0 Å². The minimum atomic E-state index is -0.381. The zero-order chi connectivity index (χ0) is 14.7. The highest BCUT2D eigenvalue weighted by molar-refractivity contribution is 5.90. The van der Waals surface area contributed by atoms with Crippen LogP contribution in [0.3, 0.4) is 0 Å². The average molecular weight is 292 g/mol. The van der Waals surface area contributed by atoms with Crippen LogP contribution in [0.25, 0.3) is 0 Å². The average Bonchev–Trinajstić information content (AvgIpc) is 3.17. The molecule has 0 aromatic carbocycles. The second-order valence-corrected chi connectivity index (χ2v) is 6.01. The standard InChI is InChI=1S/C15H24N4O2/c16-17-15(20)14-5-4-13(21-14)11-18-9-6-12(10-18)19-7-2-1-3-8-19/h4-5,12H,1-3,6-11,16H2,(H,17,20). The number of nitrogens with two attached hydrogens (primary N) is 1. The van der Waals surface area contributed by atoms with Crippen molar-refractivity contribution in [1.29, 1.82) is 0 Å². The van der Waals surface area contributed by atoms with Crippen LogP contribution in [0.1, 0.15) is 42.0 Å². The Kier molecular flexibility index (Phi) is 4.57. The summed E-state index contributed by atoms with van der Waals surface area (Å²) in [5.41, 5.74) is 2.09. The maximum Gasteiger partial charge on any atom is 0.300 e. The van der Waals surface area contributed by atoms with E-state index in [1.807, 2.05) is 6.07 Å². The maximum atomic E-state index is 11.4. The van der Waals surface area contributed by atoms with Gasteiger partial charge in [0.1, 0.15) is 5.76 Å². The predicted molar refractivity (Wildman–Crippen MR) is 79.5 cm³/mol. The van der Waals surface area contributed by atoms with Crippen molar-refractivity contribution >= 4 is 5.91 Å². The monoisotopic (exact) mass is 292 g/mol. The van der Waals surface area contributed by atoms with Crippen LogP contribution in [-0.4, -0.2) is 47.9 Å². The number of furan rings is 1. The molecule has 3 rings (SSSR count). The Morgan fingerprint density at radius 2 is 2.10 bits per heavy atom. The molecule has 2 aliphatic rings. The first kappa shape index (κ1) is 14.6. The summed E-state index contributed by atoms with van der Waals surface area (Å²) in [6.45, 7) is 5.46. The molecule has 2 saturated heterocycles.